The van der Waals surface area contributed by atoms with Crippen molar-refractivity contribution in [2.75, 3.05) is 12.3 Å². The summed E-state index contributed by atoms with van der Waals surface area (Å²) < 4.78 is 24.0. The zero-order valence-electron chi connectivity index (χ0n) is 10.5. The molecule has 0 aromatic rings. The van der Waals surface area contributed by atoms with Crippen molar-refractivity contribution in [3.63, 3.8) is 0 Å². The van der Waals surface area contributed by atoms with Gasteiger partial charge in [0, 0.05) is 6.04 Å². The van der Waals surface area contributed by atoms with Gasteiger partial charge in [0.2, 0.25) is 0 Å². The van der Waals surface area contributed by atoms with Crippen LogP contribution in [0, 0.1) is 0 Å². The molecule has 1 aliphatic heterocycles. The standard InChI is InChI=1S/C12H23NO2S/c1-4-13-11(9-10(2)3)12-7-5-6-8-16(12,14)15/h9,11-13H,4-8H2,1-3H3. The van der Waals surface area contributed by atoms with Crippen LogP contribution in [0.4, 0.5) is 0 Å². The predicted molar refractivity (Wildman–Crippen MR) is 68.3 cm³/mol. The van der Waals surface area contributed by atoms with Gasteiger partial charge in [-0.1, -0.05) is 25.0 Å². The van der Waals surface area contributed by atoms with Crippen molar-refractivity contribution in [3.8, 4) is 0 Å². The maximum absolute atomic E-state index is 12.0. The third kappa shape index (κ3) is 3.59. The number of hydrogen-bond acceptors (Lipinski definition) is 3. The SMILES string of the molecule is CCNC(C=C(C)C)C1CCCCS1(=O)=O. The Labute approximate surface area is 99.2 Å². The lowest BCUT2D eigenvalue weighted by Crippen LogP contribution is -2.45. The van der Waals surface area contributed by atoms with E-state index in [0.29, 0.717) is 5.75 Å². The molecule has 94 valence electrons. The molecule has 3 nitrogen and oxygen atoms in total. The van der Waals surface area contributed by atoms with Crippen LogP contribution >= 0.6 is 0 Å². The summed E-state index contributed by atoms with van der Waals surface area (Å²) >= 11 is 0. The molecule has 0 aromatic heterocycles. The van der Waals surface area contributed by atoms with Crippen molar-refractivity contribution in [1.29, 1.82) is 0 Å². The first-order valence-electron chi connectivity index (χ1n) is 6.07. The molecule has 1 saturated heterocycles. The summed E-state index contributed by atoms with van der Waals surface area (Å²) in [7, 11) is -2.90. The summed E-state index contributed by atoms with van der Waals surface area (Å²) in [5, 5.41) is 3.06. The molecule has 1 fully saturated rings. The average Bonchev–Trinajstić information content (AvgIpc) is 2.15. The fourth-order valence-corrected chi connectivity index (χ4v) is 4.33. The van der Waals surface area contributed by atoms with E-state index >= 15 is 0 Å². The first kappa shape index (κ1) is 13.7. The molecule has 0 bridgehead atoms. The summed E-state index contributed by atoms with van der Waals surface area (Å²) in [5.41, 5.74) is 1.17. The van der Waals surface area contributed by atoms with E-state index in [2.05, 4.69) is 11.4 Å². The number of hydrogen-bond donors (Lipinski definition) is 1. The first-order valence-corrected chi connectivity index (χ1v) is 7.79. The molecule has 16 heavy (non-hydrogen) atoms. The van der Waals surface area contributed by atoms with Gasteiger partial charge in [-0.15, -0.1) is 0 Å². The van der Waals surface area contributed by atoms with Crippen LogP contribution in [-0.2, 0) is 9.84 Å². The van der Waals surface area contributed by atoms with Crippen LogP contribution in [0.3, 0.4) is 0 Å². The average molecular weight is 245 g/mol. The van der Waals surface area contributed by atoms with Gasteiger partial charge >= 0.3 is 0 Å². The van der Waals surface area contributed by atoms with E-state index in [1.165, 1.54) is 5.57 Å². The molecule has 1 heterocycles. The highest BCUT2D eigenvalue weighted by molar-refractivity contribution is 7.92. The molecule has 0 amide bonds. The maximum atomic E-state index is 12.0. The summed E-state index contributed by atoms with van der Waals surface area (Å²) in [6.07, 6.45) is 4.70. The fraction of sp³-hybridized carbons (Fsp3) is 0.833. The highest BCUT2D eigenvalue weighted by Crippen LogP contribution is 2.23. The minimum absolute atomic E-state index is 0.0136. The summed E-state index contributed by atoms with van der Waals surface area (Å²) in [4.78, 5) is 0. The molecule has 1 N–H and O–H groups in total. The van der Waals surface area contributed by atoms with E-state index in [0.717, 1.165) is 25.8 Å². The second-order valence-electron chi connectivity index (χ2n) is 4.73. The van der Waals surface area contributed by atoms with E-state index in [9.17, 15) is 8.42 Å². The fourth-order valence-electron chi connectivity index (χ4n) is 2.28. The van der Waals surface area contributed by atoms with Crippen LogP contribution in [0.1, 0.15) is 40.0 Å². The number of rotatable bonds is 4. The highest BCUT2D eigenvalue weighted by Gasteiger charge is 2.33. The van der Waals surface area contributed by atoms with Crippen LogP contribution in [0.5, 0.6) is 0 Å². The Morgan fingerprint density at radius 2 is 2.12 bits per heavy atom. The molecule has 2 atom stereocenters. The molecular formula is C12H23NO2S. The van der Waals surface area contributed by atoms with Crippen molar-refractivity contribution < 1.29 is 8.42 Å². The molecule has 1 rings (SSSR count). The van der Waals surface area contributed by atoms with Crippen LogP contribution in [0.25, 0.3) is 0 Å². The second kappa shape index (κ2) is 5.82. The molecule has 0 aliphatic carbocycles. The zero-order chi connectivity index (χ0) is 12.2. The third-order valence-electron chi connectivity index (χ3n) is 2.98. The molecule has 2 unspecified atom stereocenters. The quantitative estimate of drug-likeness (QED) is 0.769. The number of nitrogens with one attached hydrogen (secondary N) is 1. The minimum Gasteiger partial charge on any atom is -0.310 e. The Kier molecular flexibility index (Phi) is 4.99. The monoisotopic (exact) mass is 245 g/mol. The van der Waals surface area contributed by atoms with Crippen molar-refractivity contribution in [2.45, 2.75) is 51.3 Å². The van der Waals surface area contributed by atoms with Gasteiger partial charge in [0.25, 0.3) is 0 Å². The van der Waals surface area contributed by atoms with E-state index < -0.39 is 9.84 Å². The largest absolute Gasteiger partial charge is 0.310 e. The molecular weight excluding hydrogens is 222 g/mol. The lowest BCUT2D eigenvalue weighted by atomic mass is 10.0. The van der Waals surface area contributed by atoms with Crippen LogP contribution in [0.15, 0.2) is 11.6 Å². The molecule has 0 saturated carbocycles. The van der Waals surface area contributed by atoms with Gasteiger partial charge in [-0.2, -0.15) is 0 Å². The zero-order valence-corrected chi connectivity index (χ0v) is 11.3. The Balaban J connectivity index is 2.88. The van der Waals surface area contributed by atoms with Crippen molar-refractivity contribution in [1.82, 2.24) is 5.32 Å². The first-order chi connectivity index (χ1) is 7.47. The van der Waals surface area contributed by atoms with Crippen molar-refractivity contribution in [3.05, 3.63) is 11.6 Å². The van der Waals surface area contributed by atoms with Crippen molar-refractivity contribution in [2.24, 2.45) is 0 Å². The Morgan fingerprint density at radius 1 is 1.44 bits per heavy atom. The van der Waals surface area contributed by atoms with Gasteiger partial charge in [-0.05, 0) is 33.2 Å². The van der Waals surface area contributed by atoms with Crippen LogP contribution in [-0.4, -0.2) is 32.0 Å². The minimum atomic E-state index is -2.90. The lowest BCUT2D eigenvalue weighted by molar-refractivity contribution is 0.486. The highest BCUT2D eigenvalue weighted by atomic mass is 32.2. The topological polar surface area (TPSA) is 46.2 Å². The molecule has 0 radical (unpaired) electrons. The van der Waals surface area contributed by atoms with Gasteiger partial charge in [-0.25, -0.2) is 8.42 Å². The molecule has 0 aromatic carbocycles. The van der Waals surface area contributed by atoms with E-state index in [4.69, 9.17) is 0 Å². The smallest absolute Gasteiger partial charge is 0.155 e. The van der Waals surface area contributed by atoms with Gasteiger partial charge in [0.15, 0.2) is 9.84 Å². The van der Waals surface area contributed by atoms with E-state index in [1.807, 2.05) is 20.8 Å². The maximum Gasteiger partial charge on any atom is 0.155 e. The molecule has 4 heteroatoms. The van der Waals surface area contributed by atoms with E-state index in [-0.39, 0.29) is 11.3 Å². The number of allylic oxidation sites excluding steroid dienone is 1. The summed E-state index contributed by atoms with van der Waals surface area (Å²) in [6, 6.07) is -0.0136. The molecule has 0 spiro atoms. The Morgan fingerprint density at radius 3 is 2.62 bits per heavy atom. The summed E-state index contributed by atoms with van der Waals surface area (Å²) in [6.45, 7) is 6.85. The van der Waals surface area contributed by atoms with Gasteiger partial charge in [0.1, 0.15) is 0 Å². The van der Waals surface area contributed by atoms with E-state index in [1.54, 1.807) is 0 Å². The second-order valence-corrected chi connectivity index (χ2v) is 7.07. The summed E-state index contributed by atoms with van der Waals surface area (Å²) in [5.74, 6) is 0.357. The Bertz CT molecular complexity index is 342. The van der Waals surface area contributed by atoms with Crippen LogP contribution < -0.4 is 5.32 Å². The van der Waals surface area contributed by atoms with Crippen LogP contribution in [0.2, 0.25) is 0 Å². The Hall–Kier alpha value is -0.350. The lowest BCUT2D eigenvalue weighted by Gasteiger charge is -2.29. The van der Waals surface area contributed by atoms with Gasteiger partial charge in [0.05, 0.1) is 11.0 Å². The number of sulfone groups is 1. The third-order valence-corrected chi connectivity index (χ3v) is 5.29. The van der Waals surface area contributed by atoms with Gasteiger partial charge < -0.3 is 5.32 Å². The predicted octanol–water partition coefficient (Wildman–Crippen LogP) is 1.90. The number of likely N-dealkylation sites (N-methyl/N-ethyl adjacent to an activating group) is 1. The molecule has 1 aliphatic rings. The van der Waals surface area contributed by atoms with Gasteiger partial charge in [-0.3, -0.25) is 0 Å². The normalized spacial score (nSPS) is 26.1. The van der Waals surface area contributed by atoms with Crippen molar-refractivity contribution >= 4 is 9.84 Å².